The molecule has 0 aliphatic carbocycles. The highest BCUT2D eigenvalue weighted by atomic mass is 16.2. The van der Waals surface area contributed by atoms with Gasteiger partial charge < -0.3 is 21.3 Å². The lowest BCUT2D eigenvalue weighted by molar-refractivity contribution is -0.117. The van der Waals surface area contributed by atoms with Gasteiger partial charge in [-0.25, -0.2) is 0 Å². The number of rotatable bonds is 10. The van der Waals surface area contributed by atoms with Gasteiger partial charge in [-0.3, -0.25) is 14.4 Å². The van der Waals surface area contributed by atoms with Crippen molar-refractivity contribution in [3.63, 3.8) is 0 Å². The lowest BCUT2D eigenvalue weighted by Crippen LogP contribution is -2.21. The molecular formula is C23H30N4O3. The summed E-state index contributed by atoms with van der Waals surface area (Å²) in [7, 11) is 0. The molecule has 0 aromatic heterocycles. The van der Waals surface area contributed by atoms with E-state index in [9.17, 15) is 14.4 Å². The third-order valence-corrected chi connectivity index (χ3v) is 4.14. The molecule has 0 radical (unpaired) electrons. The number of hydrogen-bond acceptors (Lipinski definition) is 4. The third kappa shape index (κ3) is 8.34. The maximum atomic E-state index is 12.2. The smallest absolute Gasteiger partial charge is 0.243 e. The molecule has 0 saturated heterocycles. The number of carbonyl (C=O) groups excluding carboxylic acids is 3. The Hall–Kier alpha value is -3.35. The molecule has 0 unspecified atom stereocenters. The molecule has 0 aliphatic heterocycles. The molecule has 160 valence electrons. The Kier molecular flexibility index (Phi) is 8.87. The normalized spacial score (nSPS) is 10.4. The zero-order valence-electron chi connectivity index (χ0n) is 17.7. The summed E-state index contributed by atoms with van der Waals surface area (Å²) in [6.07, 6.45) is 1.76. The van der Waals surface area contributed by atoms with Crippen molar-refractivity contribution < 1.29 is 14.4 Å². The highest BCUT2D eigenvalue weighted by Crippen LogP contribution is 2.16. The van der Waals surface area contributed by atoms with E-state index < -0.39 is 0 Å². The topological polar surface area (TPSA) is 99.3 Å². The van der Waals surface area contributed by atoms with Crippen molar-refractivity contribution in [1.29, 1.82) is 0 Å². The number of benzene rings is 2. The monoisotopic (exact) mass is 410 g/mol. The molecule has 0 spiro atoms. The summed E-state index contributed by atoms with van der Waals surface area (Å²) >= 11 is 0. The van der Waals surface area contributed by atoms with Crippen molar-refractivity contribution in [3.05, 3.63) is 48.5 Å². The first-order valence-corrected chi connectivity index (χ1v) is 10.2. The van der Waals surface area contributed by atoms with E-state index in [-0.39, 0.29) is 24.3 Å². The number of nitrogens with one attached hydrogen (secondary N) is 4. The van der Waals surface area contributed by atoms with Gasteiger partial charge in [-0.1, -0.05) is 20.8 Å². The summed E-state index contributed by atoms with van der Waals surface area (Å²) < 4.78 is 0. The molecule has 0 heterocycles. The van der Waals surface area contributed by atoms with Gasteiger partial charge in [-0.05, 0) is 60.9 Å². The molecule has 2 aromatic rings. The van der Waals surface area contributed by atoms with Gasteiger partial charge in [0.2, 0.25) is 17.7 Å². The molecule has 3 amide bonds. The second-order valence-corrected chi connectivity index (χ2v) is 7.50. The Balaban J connectivity index is 1.77. The first-order valence-electron chi connectivity index (χ1n) is 10.2. The Labute approximate surface area is 177 Å². The predicted molar refractivity (Wildman–Crippen MR) is 122 cm³/mol. The number of amides is 3. The van der Waals surface area contributed by atoms with Crippen LogP contribution < -0.4 is 21.3 Å². The Bertz CT molecular complexity index is 846. The maximum Gasteiger partial charge on any atom is 0.243 e. The fourth-order valence-corrected chi connectivity index (χ4v) is 2.73. The molecule has 0 atom stereocenters. The van der Waals surface area contributed by atoms with E-state index in [1.54, 1.807) is 36.4 Å². The molecule has 0 saturated carbocycles. The van der Waals surface area contributed by atoms with Crippen LogP contribution in [0.1, 0.15) is 40.0 Å². The Morgan fingerprint density at radius 2 is 1.13 bits per heavy atom. The van der Waals surface area contributed by atoms with Gasteiger partial charge in [0.1, 0.15) is 0 Å². The average Bonchev–Trinajstić information content (AvgIpc) is 2.68. The van der Waals surface area contributed by atoms with Crippen LogP contribution in [-0.4, -0.2) is 24.3 Å². The first kappa shape index (κ1) is 22.9. The number of hydrogen-bond donors (Lipinski definition) is 4. The molecule has 7 nitrogen and oxygen atoms in total. The summed E-state index contributed by atoms with van der Waals surface area (Å²) in [5, 5.41) is 11.5. The van der Waals surface area contributed by atoms with Gasteiger partial charge in [-0.15, -0.1) is 0 Å². The number of carbonyl (C=O) groups is 3. The standard InChI is InChI=1S/C23H30N4O3/c1-4-5-21(28)25-18-8-6-17(7-9-18)24-15-23(30)27-20-12-10-19(11-13-20)26-22(29)14-16(2)3/h6-13,16,24H,4-5,14-15H2,1-3H3,(H,25,28)(H,26,29)(H,27,30). The Morgan fingerprint density at radius 1 is 0.700 bits per heavy atom. The zero-order chi connectivity index (χ0) is 21.9. The van der Waals surface area contributed by atoms with Crippen LogP contribution >= 0.6 is 0 Å². The summed E-state index contributed by atoms with van der Waals surface area (Å²) in [4.78, 5) is 35.6. The van der Waals surface area contributed by atoms with Crippen molar-refractivity contribution >= 4 is 40.5 Å². The van der Waals surface area contributed by atoms with Gasteiger partial charge >= 0.3 is 0 Å². The van der Waals surface area contributed by atoms with Crippen molar-refractivity contribution in [2.24, 2.45) is 5.92 Å². The highest BCUT2D eigenvalue weighted by Gasteiger charge is 2.07. The molecule has 2 aromatic carbocycles. The van der Waals surface area contributed by atoms with Crippen LogP contribution in [0.5, 0.6) is 0 Å². The van der Waals surface area contributed by atoms with Crippen LogP contribution in [0.3, 0.4) is 0 Å². The third-order valence-electron chi connectivity index (χ3n) is 4.14. The Morgan fingerprint density at radius 3 is 1.60 bits per heavy atom. The summed E-state index contributed by atoms with van der Waals surface area (Å²) in [6.45, 7) is 6.05. The summed E-state index contributed by atoms with van der Waals surface area (Å²) in [5.41, 5.74) is 2.85. The van der Waals surface area contributed by atoms with Crippen LogP contribution in [0, 0.1) is 5.92 Å². The fourth-order valence-electron chi connectivity index (χ4n) is 2.73. The molecular weight excluding hydrogens is 380 g/mol. The van der Waals surface area contributed by atoms with E-state index in [1.165, 1.54) is 0 Å². The molecule has 0 aliphatic rings. The largest absolute Gasteiger partial charge is 0.376 e. The zero-order valence-corrected chi connectivity index (χ0v) is 17.7. The van der Waals surface area contributed by atoms with Gasteiger partial charge in [-0.2, -0.15) is 0 Å². The van der Waals surface area contributed by atoms with Gasteiger partial charge in [0.25, 0.3) is 0 Å². The quantitative estimate of drug-likeness (QED) is 0.465. The summed E-state index contributed by atoms with van der Waals surface area (Å²) in [6, 6.07) is 14.2. The molecule has 4 N–H and O–H groups in total. The average molecular weight is 411 g/mol. The van der Waals surface area contributed by atoms with Crippen molar-refractivity contribution in [1.82, 2.24) is 0 Å². The molecule has 30 heavy (non-hydrogen) atoms. The van der Waals surface area contributed by atoms with E-state index in [2.05, 4.69) is 21.3 Å². The van der Waals surface area contributed by atoms with Crippen LogP contribution in [-0.2, 0) is 14.4 Å². The fraction of sp³-hybridized carbons (Fsp3) is 0.348. The van der Waals surface area contributed by atoms with E-state index >= 15 is 0 Å². The molecule has 0 bridgehead atoms. The minimum Gasteiger partial charge on any atom is -0.376 e. The highest BCUT2D eigenvalue weighted by molar-refractivity contribution is 5.95. The van der Waals surface area contributed by atoms with E-state index in [4.69, 9.17) is 0 Å². The van der Waals surface area contributed by atoms with E-state index in [0.717, 1.165) is 17.8 Å². The van der Waals surface area contributed by atoms with E-state index in [0.29, 0.717) is 30.1 Å². The van der Waals surface area contributed by atoms with Crippen LogP contribution in [0.4, 0.5) is 22.7 Å². The lowest BCUT2D eigenvalue weighted by atomic mass is 10.1. The number of anilines is 4. The minimum atomic E-state index is -0.188. The van der Waals surface area contributed by atoms with Crippen molar-refractivity contribution in [3.8, 4) is 0 Å². The maximum absolute atomic E-state index is 12.2. The van der Waals surface area contributed by atoms with Crippen molar-refractivity contribution in [2.45, 2.75) is 40.0 Å². The molecule has 2 rings (SSSR count). The predicted octanol–water partition coefficient (Wildman–Crippen LogP) is 4.46. The lowest BCUT2D eigenvalue weighted by Gasteiger charge is -2.10. The second kappa shape index (κ2) is 11.6. The van der Waals surface area contributed by atoms with Crippen LogP contribution in [0.15, 0.2) is 48.5 Å². The van der Waals surface area contributed by atoms with Gasteiger partial charge in [0, 0.05) is 35.6 Å². The van der Waals surface area contributed by atoms with Gasteiger partial charge in [0.15, 0.2) is 0 Å². The second-order valence-electron chi connectivity index (χ2n) is 7.50. The van der Waals surface area contributed by atoms with Gasteiger partial charge in [0.05, 0.1) is 6.54 Å². The van der Waals surface area contributed by atoms with Crippen molar-refractivity contribution in [2.75, 3.05) is 27.8 Å². The first-order chi connectivity index (χ1) is 14.4. The SMILES string of the molecule is CCCC(=O)Nc1ccc(NCC(=O)Nc2ccc(NC(=O)CC(C)C)cc2)cc1. The van der Waals surface area contributed by atoms with E-state index in [1.807, 2.05) is 32.9 Å². The van der Waals surface area contributed by atoms with Crippen LogP contribution in [0.2, 0.25) is 0 Å². The molecule has 7 heteroatoms. The summed E-state index contributed by atoms with van der Waals surface area (Å²) in [5.74, 6) is 0.0732. The molecule has 0 fully saturated rings. The minimum absolute atomic E-state index is 0.0110. The van der Waals surface area contributed by atoms with Crippen LogP contribution in [0.25, 0.3) is 0 Å².